The predicted molar refractivity (Wildman–Crippen MR) is 90.9 cm³/mol. The third kappa shape index (κ3) is 3.37. The Labute approximate surface area is 144 Å². The van der Waals surface area contributed by atoms with Crippen molar-refractivity contribution in [1.82, 2.24) is 25.5 Å². The molecule has 0 unspecified atom stereocenters. The Morgan fingerprint density at radius 2 is 2.16 bits per heavy atom. The van der Waals surface area contributed by atoms with Crippen LogP contribution in [0.1, 0.15) is 29.0 Å². The molecular formula is C17H18N6O2. The van der Waals surface area contributed by atoms with E-state index in [1.165, 1.54) is 12.8 Å². The summed E-state index contributed by atoms with van der Waals surface area (Å²) >= 11 is 0. The molecule has 4 heterocycles. The molecule has 0 aliphatic carbocycles. The highest BCUT2D eigenvalue weighted by molar-refractivity contribution is 5.93. The average molecular weight is 338 g/mol. The van der Waals surface area contributed by atoms with Crippen LogP contribution in [-0.4, -0.2) is 39.2 Å². The average Bonchev–Trinajstić information content (AvgIpc) is 3.42. The van der Waals surface area contributed by atoms with Crippen LogP contribution in [-0.2, 0) is 6.54 Å². The van der Waals surface area contributed by atoms with Gasteiger partial charge in [0, 0.05) is 19.3 Å². The Balaban J connectivity index is 1.35. The van der Waals surface area contributed by atoms with Crippen molar-refractivity contribution in [2.24, 2.45) is 0 Å². The molecule has 1 saturated heterocycles. The van der Waals surface area contributed by atoms with Crippen LogP contribution >= 0.6 is 0 Å². The van der Waals surface area contributed by atoms with Crippen LogP contribution in [0, 0.1) is 0 Å². The molecule has 0 radical (unpaired) electrons. The van der Waals surface area contributed by atoms with Gasteiger partial charge in [-0.05, 0) is 37.1 Å². The Morgan fingerprint density at radius 3 is 2.88 bits per heavy atom. The molecule has 25 heavy (non-hydrogen) atoms. The molecule has 0 spiro atoms. The molecule has 128 valence electrons. The lowest BCUT2D eigenvalue weighted by atomic mass is 10.2. The number of H-pyrrole nitrogens is 1. The molecule has 2 N–H and O–H groups in total. The molecule has 4 rings (SSSR count). The molecule has 0 saturated carbocycles. The maximum absolute atomic E-state index is 12.2. The number of aromatic nitrogens is 4. The highest BCUT2D eigenvalue weighted by Gasteiger charge is 2.14. The summed E-state index contributed by atoms with van der Waals surface area (Å²) in [6.45, 7) is 2.31. The molecule has 1 aliphatic rings. The molecule has 1 amide bonds. The fourth-order valence-corrected chi connectivity index (χ4v) is 2.81. The number of rotatable bonds is 5. The first-order chi connectivity index (χ1) is 12.3. The van der Waals surface area contributed by atoms with E-state index in [0.29, 0.717) is 23.0 Å². The quantitative estimate of drug-likeness (QED) is 0.738. The van der Waals surface area contributed by atoms with Crippen molar-refractivity contribution in [3.8, 4) is 11.6 Å². The zero-order chi connectivity index (χ0) is 17.1. The lowest BCUT2D eigenvalue weighted by molar-refractivity contribution is 0.0949. The number of carbonyl (C=O) groups is 1. The molecule has 0 aromatic carbocycles. The van der Waals surface area contributed by atoms with Gasteiger partial charge in [-0.25, -0.2) is 9.97 Å². The van der Waals surface area contributed by atoms with Gasteiger partial charge in [-0.15, -0.1) is 5.10 Å². The zero-order valence-corrected chi connectivity index (χ0v) is 13.6. The number of amides is 1. The topological polar surface area (TPSA) is 99.9 Å². The van der Waals surface area contributed by atoms with Gasteiger partial charge >= 0.3 is 0 Å². The van der Waals surface area contributed by atoms with E-state index in [-0.39, 0.29) is 12.5 Å². The first-order valence-corrected chi connectivity index (χ1v) is 8.24. The minimum Gasteiger partial charge on any atom is -0.461 e. The predicted octanol–water partition coefficient (Wildman–Crippen LogP) is 1.99. The summed E-state index contributed by atoms with van der Waals surface area (Å²) in [6.07, 6.45) is 5.56. The number of anilines is 1. The summed E-state index contributed by atoms with van der Waals surface area (Å²) in [5.74, 6) is 2.33. The van der Waals surface area contributed by atoms with Gasteiger partial charge in [-0.1, -0.05) is 0 Å². The Bertz CT molecular complexity index is 834. The summed E-state index contributed by atoms with van der Waals surface area (Å²) < 4.78 is 5.24. The van der Waals surface area contributed by atoms with Crippen LogP contribution < -0.4 is 10.2 Å². The maximum atomic E-state index is 12.2. The number of carbonyl (C=O) groups excluding carboxylic acids is 1. The molecule has 0 bridgehead atoms. The van der Waals surface area contributed by atoms with Gasteiger partial charge in [-0.3, -0.25) is 9.89 Å². The van der Waals surface area contributed by atoms with E-state index in [0.717, 1.165) is 18.9 Å². The summed E-state index contributed by atoms with van der Waals surface area (Å²) in [5, 5.41) is 9.66. The van der Waals surface area contributed by atoms with Crippen molar-refractivity contribution in [1.29, 1.82) is 0 Å². The van der Waals surface area contributed by atoms with Crippen LogP contribution in [0.25, 0.3) is 11.6 Å². The van der Waals surface area contributed by atoms with Gasteiger partial charge in [0.2, 0.25) is 5.82 Å². The van der Waals surface area contributed by atoms with E-state index >= 15 is 0 Å². The van der Waals surface area contributed by atoms with Gasteiger partial charge in [-0.2, -0.15) is 0 Å². The van der Waals surface area contributed by atoms with Gasteiger partial charge in [0.1, 0.15) is 11.6 Å². The second-order valence-corrected chi connectivity index (χ2v) is 5.86. The fourth-order valence-electron chi connectivity index (χ4n) is 2.81. The lowest BCUT2D eigenvalue weighted by Crippen LogP contribution is -2.24. The molecule has 1 fully saturated rings. The Kier molecular flexibility index (Phi) is 4.16. The number of hydrogen-bond donors (Lipinski definition) is 2. The normalized spacial score (nSPS) is 14.0. The third-order valence-corrected chi connectivity index (χ3v) is 4.13. The van der Waals surface area contributed by atoms with Crippen LogP contribution in [0.5, 0.6) is 0 Å². The van der Waals surface area contributed by atoms with E-state index in [1.54, 1.807) is 30.7 Å². The van der Waals surface area contributed by atoms with Crippen molar-refractivity contribution < 1.29 is 9.21 Å². The fraction of sp³-hybridized carbons (Fsp3) is 0.294. The van der Waals surface area contributed by atoms with Crippen molar-refractivity contribution >= 4 is 11.7 Å². The Hall–Kier alpha value is -3.16. The molecule has 0 atom stereocenters. The largest absolute Gasteiger partial charge is 0.461 e. The van der Waals surface area contributed by atoms with E-state index in [2.05, 4.69) is 30.4 Å². The highest BCUT2D eigenvalue weighted by atomic mass is 16.3. The van der Waals surface area contributed by atoms with Crippen molar-refractivity contribution in [3.63, 3.8) is 0 Å². The SMILES string of the molecule is O=C(NCc1nc(-c2ccco2)n[nH]1)c1ccc(N2CCCC2)nc1. The van der Waals surface area contributed by atoms with Crippen molar-refractivity contribution in [2.45, 2.75) is 19.4 Å². The minimum absolute atomic E-state index is 0.198. The molecule has 1 aliphatic heterocycles. The van der Waals surface area contributed by atoms with E-state index in [1.807, 2.05) is 6.07 Å². The van der Waals surface area contributed by atoms with E-state index in [9.17, 15) is 4.79 Å². The second-order valence-electron chi connectivity index (χ2n) is 5.86. The highest BCUT2D eigenvalue weighted by Crippen LogP contribution is 2.17. The molecule has 8 nitrogen and oxygen atoms in total. The monoisotopic (exact) mass is 338 g/mol. The van der Waals surface area contributed by atoms with Crippen molar-refractivity contribution in [2.75, 3.05) is 18.0 Å². The molecular weight excluding hydrogens is 320 g/mol. The van der Waals surface area contributed by atoms with Crippen LogP contribution in [0.3, 0.4) is 0 Å². The smallest absolute Gasteiger partial charge is 0.253 e. The number of furan rings is 1. The molecule has 8 heteroatoms. The van der Waals surface area contributed by atoms with Crippen LogP contribution in [0.4, 0.5) is 5.82 Å². The van der Waals surface area contributed by atoms with Gasteiger partial charge in [0.05, 0.1) is 18.4 Å². The third-order valence-electron chi connectivity index (χ3n) is 4.13. The lowest BCUT2D eigenvalue weighted by Gasteiger charge is -2.16. The Morgan fingerprint density at radius 1 is 1.28 bits per heavy atom. The van der Waals surface area contributed by atoms with Crippen molar-refractivity contribution in [3.05, 3.63) is 48.1 Å². The number of pyridine rings is 1. The number of hydrogen-bond acceptors (Lipinski definition) is 6. The standard InChI is InChI=1S/C17H18N6O2/c24-17(12-5-6-15(18-10-12)23-7-1-2-8-23)19-11-14-20-16(22-21-14)13-4-3-9-25-13/h3-6,9-10H,1-2,7-8,11H2,(H,19,24)(H,20,21,22). The van der Waals surface area contributed by atoms with E-state index in [4.69, 9.17) is 4.42 Å². The number of nitrogens with one attached hydrogen (secondary N) is 2. The van der Waals surface area contributed by atoms with E-state index < -0.39 is 0 Å². The van der Waals surface area contributed by atoms with Gasteiger partial charge in [0.25, 0.3) is 5.91 Å². The van der Waals surface area contributed by atoms with Crippen LogP contribution in [0.15, 0.2) is 41.1 Å². The summed E-state index contributed by atoms with van der Waals surface area (Å²) in [6, 6.07) is 7.24. The first-order valence-electron chi connectivity index (χ1n) is 8.24. The van der Waals surface area contributed by atoms with Gasteiger partial charge < -0.3 is 14.6 Å². The number of nitrogens with zero attached hydrogens (tertiary/aromatic N) is 4. The maximum Gasteiger partial charge on any atom is 0.253 e. The number of aromatic amines is 1. The first kappa shape index (κ1) is 15.4. The molecule has 3 aromatic heterocycles. The second kappa shape index (κ2) is 6.76. The van der Waals surface area contributed by atoms with Gasteiger partial charge in [0.15, 0.2) is 5.76 Å². The summed E-state index contributed by atoms with van der Waals surface area (Å²) in [7, 11) is 0. The van der Waals surface area contributed by atoms with Crippen LogP contribution in [0.2, 0.25) is 0 Å². The zero-order valence-electron chi connectivity index (χ0n) is 13.6. The summed E-state index contributed by atoms with van der Waals surface area (Å²) in [5.41, 5.74) is 0.522. The molecule has 3 aromatic rings. The summed E-state index contributed by atoms with van der Waals surface area (Å²) in [4.78, 5) is 23.1. The minimum atomic E-state index is -0.198.